The smallest absolute Gasteiger partial charge is 0.307 e. The molecule has 0 aromatic rings. The summed E-state index contributed by atoms with van der Waals surface area (Å²) < 4.78 is 0. The van der Waals surface area contributed by atoms with Crippen LogP contribution in [-0.2, 0) is 9.59 Å². The van der Waals surface area contributed by atoms with Gasteiger partial charge in [0.25, 0.3) is 0 Å². The lowest BCUT2D eigenvalue weighted by Crippen LogP contribution is -2.49. The molecule has 0 unspecified atom stereocenters. The van der Waals surface area contributed by atoms with Gasteiger partial charge in [-0.15, -0.1) is 0 Å². The van der Waals surface area contributed by atoms with Crippen molar-refractivity contribution in [2.75, 3.05) is 0 Å². The summed E-state index contributed by atoms with van der Waals surface area (Å²) in [6, 6.07) is 0. The van der Waals surface area contributed by atoms with Crippen LogP contribution in [0.2, 0.25) is 0 Å². The van der Waals surface area contributed by atoms with E-state index in [0.717, 1.165) is 12.8 Å². The molecule has 1 aliphatic carbocycles. The van der Waals surface area contributed by atoms with Gasteiger partial charge in [0.1, 0.15) is 0 Å². The third-order valence-electron chi connectivity index (χ3n) is 2.73. The maximum Gasteiger partial charge on any atom is 0.307 e. The first kappa shape index (κ1) is 12.7. The van der Waals surface area contributed by atoms with E-state index in [0.29, 0.717) is 12.8 Å². The predicted molar refractivity (Wildman–Crippen MR) is 61.1 cm³/mol. The predicted octanol–water partition coefficient (Wildman–Crippen LogP) is -0.258. The van der Waals surface area contributed by atoms with Crippen molar-refractivity contribution in [2.45, 2.75) is 25.7 Å². The van der Waals surface area contributed by atoms with Crippen LogP contribution >= 0.6 is 12.2 Å². The fourth-order valence-corrected chi connectivity index (χ4v) is 2.01. The third kappa shape index (κ3) is 3.34. The van der Waals surface area contributed by atoms with Crippen LogP contribution in [0.3, 0.4) is 0 Å². The number of hydrazine groups is 1. The minimum Gasteiger partial charge on any atom is -0.481 e. The molecule has 1 rings (SSSR count). The van der Waals surface area contributed by atoms with Crippen molar-refractivity contribution in [2.24, 2.45) is 17.6 Å². The van der Waals surface area contributed by atoms with Gasteiger partial charge >= 0.3 is 5.97 Å². The van der Waals surface area contributed by atoms with Crippen molar-refractivity contribution in [1.82, 2.24) is 10.9 Å². The van der Waals surface area contributed by atoms with Crippen molar-refractivity contribution in [3.63, 3.8) is 0 Å². The highest BCUT2D eigenvalue weighted by Gasteiger charge is 2.35. The van der Waals surface area contributed by atoms with Gasteiger partial charge in [0.2, 0.25) is 5.91 Å². The molecule has 2 atom stereocenters. The number of amides is 1. The van der Waals surface area contributed by atoms with E-state index in [2.05, 4.69) is 23.1 Å². The fraction of sp³-hybridized carbons (Fsp3) is 0.667. The summed E-state index contributed by atoms with van der Waals surface area (Å²) in [5.41, 5.74) is 9.79. The van der Waals surface area contributed by atoms with E-state index in [4.69, 9.17) is 10.8 Å². The average molecular weight is 245 g/mol. The second-order valence-corrected chi connectivity index (χ2v) is 4.25. The number of nitrogens with two attached hydrogens (primary N) is 1. The van der Waals surface area contributed by atoms with Crippen LogP contribution < -0.4 is 16.6 Å². The molecule has 1 amide bonds. The summed E-state index contributed by atoms with van der Waals surface area (Å²) in [4.78, 5) is 22.6. The number of carboxylic acid groups (broad SMARTS) is 1. The molecule has 0 spiro atoms. The molecule has 7 heteroatoms. The molecule has 0 heterocycles. The Kier molecular flexibility index (Phi) is 4.48. The minimum atomic E-state index is -0.921. The summed E-state index contributed by atoms with van der Waals surface area (Å²) >= 11 is 4.53. The highest BCUT2D eigenvalue weighted by molar-refractivity contribution is 7.80. The third-order valence-corrected chi connectivity index (χ3v) is 2.83. The molecule has 0 aromatic carbocycles. The SMILES string of the molecule is NC(=S)NNC(=O)[C@@H]1CCCC[C@H]1C(=O)O. The molecule has 0 aromatic heterocycles. The van der Waals surface area contributed by atoms with Gasteiger partial charge in [-0.3, -0.25) is 20.4 Å². The average Bonchev–Trinajstić information content (AvgIpc) is 2.25. The number of carbonyl (C=O) groups is 2. The van der Waals surface area contributed by atoms with E-state index in [1.807, 2.05) is 0 Å². The van der Waals surface area contributed by atoms with Crippen LogP contribution in [0.4, 0.5) is 0 Å². The Bertz CT molecular complexity index is 308. The zero-order valence-corrected chi connectivity index (χ0v) is 9.55. The molecule has 16 heavy (non-hydrogen) atoms. The highest BCUT2D eigenvalue weighted by Crippen LogP contribution is 2.30. The summed E-state index contributed by atoms with van der Waals surface area (Å²) in [5, 5.41) is 8.94. The molecular weight excluding hydrogens is 230 g/mol. The summed E-state index contributed by atoms with van der Waals surface area (Å²) in [6.45, 7) is 0. The molecular formula is C9H15N3O3S. The number of carboxylic acids is 1. The Balaban J connectivity index is 2.57. The number of thiocarbonyl (C=S) groups is 1. The topological polar surface area (TPSA) is 104 Å². The molecule has 0 bridgehead atoms. The number of hydrogen-bond donors (Lipinski definition) is 4. The molecule has 5 N–H and O–H groups in total. The summed E-state index contributed by atoms with van der Waals surface area (Å²) in [5.74, 6) is -2.40. The minimum absolute atomic E-state index is 0.0453. The number of carbonyl (C=O) groups excluding carboxylic acids is 1. The standard InChI is InChI=1S/C9H15N3O3S/c10-9(16)12-11-7(13)5-3-1-2-4-6(5)8(14)15/h5-6H,1-4H2,(H,11,13)(H,14,15)(H3,10,12,16)/t5-,6-/m1/s1. The fourth-order valence-electron chi connectivity index (χ4n) is 1.96. The highest BCUT2D eigenvalue weighted by atomic mass is 32.1. The Hall–Kier alpha value is -1.37. The zero-order valence-electron chi connectivity index (χ0n) is 8.73. The first-order valence-corrected chi connectivity index (χ1v) is 5.51. The van der Waals surface area contributed by atoms with Gasteiger partial charge in [0.15, 0.2) is 5.11 Å². The van der Waals surface area contributed by atoms with E-state index in [-0.39, 0.29) is 11.0 Å². The Morgan fingerprint density at radius 1 is 1.19 bits per heavy atom. The molecule has 90 valence electrons. The van der Waals surface area contributed by atoms with Crippen LogP contribution in [0, 0.1) is 11.8 Å². The van der Waals surface area contributed by atoms with Crippen molar-refractivity contribution < 1.29 is 14.7 Å². The second kappa shape index (κ2) is 5.64. The van der Waals surface area contributed by atoms with Gasteiger partial charge in [-0.05, 0) is 25.1 Å². The molecule has 0 radical (unpaired) electrons. The van der Waals surface area contributed by atoms with E-state index < -0.39 is 17.8 Å². The quantitative estimate of drug-likeness (QED) is 0.395. The first-order valence-electron chi connectivity index (χ1n) is 5.10. The van der Waals surface area contributed by atoms with Gasteiger partial charge in [-0.2, -0.15) is 0 Å². The Morgan fingerprint density at radius 3 is 2.25 bits per heavy atom. The molecule has 6 nitrogen and oxygen atoms in total. The number of hydrogen-bond acceptors (Lipinski definition) is 3. The summed E-state index contributed by atoms with van der Waals surface area (Å²) in [7, 11) is 0. The largest absolute Gasteiger partial charge is 0.481 e. The van der Waals surface area contributed by atoms with Gasteiger partial charge in [-0.25, -0.2) is 0 Å². The van der Waals surface area contributed by atoms with Crippen molar-refractivity contribution in [3.8, 4) is 0 Å². The van der Waals surface area contributed by atoms with Gasteiger partial charge < -0.3 is 10.8 Å². The van der Waals surface area contributed by atoms with Crippen LogP contribution in [-0.4, -0.2) is 22.1 Å². The molecule has 1 fully saturated rings. The molecule has 1 saturated carbocycles. The lowest BCUT2D eigenvalue weighted by atomic mass is 9.79. The molecule has 1 aliphatic rings. The maximum atomic E-state index is 11.7. The zero-order chi connectivity index (χ0) is 12.1. The number of rotatable bonds is 2. The maximum absolute atomic E-state index is 11.7. The summed E-state index contributed by atoms with van der Waals surface area (Å²) in [6.07, 6.45) is 2.85. The van der Waals surface area contributed by atoms with Crippen molar-refractivity contribution in [3.05, 3.63) is 0 Å². The van der Waals surface area contributed by atoms with Crippen LogP contribution in [0.1, 0.15) is 25.7 Å². The van der Waals surface area contributed by atoms with Gasteiger partial charge in [0, 0.05) is 0 Å². The van der Waals surface area contributed by atoms with Crippen molar-refractivity contribution >= 4 is 29.2 Å². The van der Waals surface area contributed by atoms with Crippen LogP contribution in [0.15, 0.2) is 0 Å². The molecule has 0 saturated heterocycles. The second-order valence-electron chi connectivity index (χ2n) is 3.81. The van der Waals surface area contributed by atoms with Crippen LogP contribution in [0.25, 0.3) is 0 Å². The van der Waals surface area contributed by atoms with Gasteiger partial charge in [-0.1, -0.05) is 12.8 Å². The van der Waals surface area contributed by atoms with E-state index in [9.17, 15) is 9.59 Å². The van der Waals surface area contributed by atoms with E-state index in [1.54, 1.807) is 0 Å². The Labute approximate surface area is 98.5 Å². The number of aliphatic carboxylic acids is 1. The normalized spacial score (nSPS) is 24.5. The van der Waals surface area contributed by atoms with Crippen LogP contribution in [0.5, 0.6) is 0 Å². The van der Waals surface area contributed by atoms with E-state index >= 15 is 0 Å². The monoisotopic (exact) mass is 245 g/mol. The van der Waals surface area contributed by atoms with Crippen molar-refractivity contribution in [1.29, 1.82) is 0 Å². The Morgan fingerprint density at radius 2 is 1.75 bits per heavy atom. The number of nitrogens with one attached hydrogen (secondary N) is 2. The van der Waals surface area contributed by atoms with E-state index in [1.165, 1.54) is 0 Å². The lowest BCUT2D eigenvalue weighted by Gasteiger charge is -2.27. The lowest BCUT2D eigenvalue weighted by molar-refractivity contribution is -0.149. The molecule has 0 aliphatic heterocycles. The van der Waals surface area contributed by atoms with Gasteiger partial charge in [0.05, 0.1) is 11.8 Å². The first-order chi connectivity index (χ1) is 7.52.